The third-order valence-corrected chi connectivity index (χ3v) is 5.73. The van der Waals surface area contributed by atoms with E-state index < -0.39 is 71.2 Å². The van der Waals surface area contributed by atoms with Crippen LogP contribution < -0.4 is 0 Å². The second-order valence-electron chi connectivity index (χ2n) is 7.06. The minimum Gasteiger partial charge on any atom is -0.469 e. The lowest BCUT2D eigenvalue weighted by Gasteiger charge is -2.41. The Morgan fingerprint density at radius 3 is 2.06 bits per heavy atom. The van der Waals surface area contributed by atoms with E-state index in [0.717, 1.165) is 44.3 Å². The zero-order chi connectivity index (χ0) is 23.7. The van der Waals surface area contributed by atoms with E-state index in [1.807, 2.05) is 0 Å². The Morgan fingerprint density at radius 1 is 0.968 bits per heavy atom. The summed E-state index contributed by atoms with van der Waals surface area (Å²) < 4.78 is 19.0. The molecule has 0 bridgehead atoms. The maximum absolute atomic E-state index is 13.2. The number of carbonyl (C=O) groups excluding carboxylic acids is 6. The Bertz CT molecular complexity index is 866. The Labute approximate surface area is 178 Å². The van der Waals surface area contributed by atoms with Crippen molar-refractivity contribution in [1.82, 2.24) is 9.80 Å². The molecule has 4 atom stereocenters. The molecule has 0 unspecified atom stereocenters. The van der Waals surface area contributed by atoms with Gasteiger partial charge in [-0.3, -0.25) is 19.3 Å². The van der Waals surface area contributed by atoms with Crippen molar-refractivity contribution in [1.29, 1.82) is 0 Å². The first-order valence-electron chi connectivity index (χ1n) is 9.17. The number of esters is 4. The van der Waals surface area contributed by atoms with Gasteiger partial charge < -0.3 is 23.8 Å². The van der Waals surface area contributed by atoms with Crippen molar-refractivity contribution in [3.05, 3.63) is 11.8 Å². The molecule has 0 spiro atoms. The number of imide groups is 1. The van der Waals surface area contributed by atoms with Gasteiger partial charge in [-0.2, -0.15) is 0 Å². The van der Waals surface area contributed by atoms with Gasteiger partial charge in [0, 0.05) is 13.1 Å². The number of methoxy groups -OCH3 is 4. The summed E-state index contributed by atoms with van der Waals surface area (Å²) in [6, 6.07) is -0.981. The second-order valence-corrected chi connectivity index (χ2v) is 7.06. The zero-order valence-electron chi connectivity index (χ0n) is 18.0. The summed E-state index contributed by atoms with van der Waals surface area (Å²) in [5, 5.41) is 0. The molecule has 0 aliphatic carbocycles. The molecule has 0 N–H and O–H groups in total. The van der Waals surface area contributed by atoms with Crippen LogP contribution in [0.3, 0.4) is 0 Å². The summed E-state index contributed by atoms with van der Waals surface area (Å²) in [5.74, 6) is -7.80. The minimum absolute atomic E-state index is 0.478. The molecular weight excluding hydrogens is 416 g/mol. The summed E-state index contributed by atoms with van der Waals surface area (Å²) in [5.41, 5.74) is -2.63. The van der Waals surface area contributed by atoms with Crippen LogP contribution in [0, 0.1) is 11.8 Å². The molecule has 0 saturated carbocycles. The third kappa shape index (κ3) is 3.51. The normalized spacial score (nSPS) is 27.7. The van der Waals surface area contributed by atoms with E-state index in [1.165, 1.54) is 14.0 Å². The molecule has 0 aromatic heterocycles. The molecule has 12 nitrogen and oxygen atoms in total. The molecule has 170 valence electrons. The molecule has 0 aromatic carbocycles. The lowest BCUT2D eigenvalue weighted by atomic mass is 9.77. The van der Waals surface area contributed by atoms with Crippen molar-refractivity contribution in [3.8, 4) is 0 Å². The molecule has 0 aromatic rings. The summed E-state index contributed by atoms with van der Waals surface area (Å²) >= 11 is 0. The average molecular weight is 440 g/mol. The summed E-state index contributed by atoms with van der Waals surface area (Å²) in [6.07, 6.45) is 0.0288. The van der Waals surface area contributed by atoms with Crippen molar-refractivity contribution in [3.63, 3.8) is 0 Å². The van der Waals surface area contributed by atoms with Gasteiger partial charge in [-0.05, 0) is 6.92 Å². The van der Waals surface area contributed by atoms with Gasteiger partial charge in [-0.1, -0.05) is 0 Å². The van der Waals surface area contributed by atoms with Crippen LogP contribution in [0.25, 0.3) is 0 Å². The predicted octanol–water partition coefficient (Wildman–Crippen LogP) is -1.37. The van der Waals surface area contributed by atoms with E-state index >= 15 is 0 Å². The number of likely N-dealkylation sites (tertiary alicyclic amines) is 2. The summed E-state index contributed by atoms with van der Waals surface area (Å²) in [4.78, 5) is 77.9. The molecule has 2 fully saturated rings. The fourth-order valence-electron chi connectivity index (χ4n) is 4.39. The Morgan fingerprint density at radius 2 is 1.58 bits per heavy atom. The van der Waals surface area contributed by atoms with Gasteiger partial charge >= 0.3 is 23.9 Å². The molecule has 2 rings (SSSR count). The number of hydrogen-bond acceptors (Lipinski definition) is 11. The van der Waals surface area contributed by atoms with Crippen LogP contribution in [0.2, 0.25) is 0 Å². The molecule has 12 heteroatoms. The SMILES string of the molecule is COC(=O)/C=C(\C(=O)OC)N1[C@@H](C)[C@H]2C(=O)N(C)C(=O)[C@H]2[C@@]1(CC(=O)OC)C(=O)OC. The number of amides is 2. The van der Waals surface area contributed by atoms with Crippen LogP contribution in [0.5, 0.6) is 0 Å². The summed E-state index contributed by atoms with van der Waals surface area (Å²) in [6.45, 7) is 1.48. The van der Waals surface area contributed by atoms with E-state index in [2.05, 4.69) is 4.74 Å². The molecule has 2 saturated heterocycles. The maximum atomic E-state index is 13.2. The van der Waals surface area contributed by atoms with Crippen LogP contribution >= 0.6 is 0 Å². The second kappa shape index (κ2) is 8.74. The number of fused-ring (bicyclic) bond motifs is 1. The van der Waals surface area contributed by atoms with Crippen molar-refractivity contribution in [2.75, 3.05) is 35.5 Å². The monoisotopic (exact) mass is 440 g/mol. The van der Waals surface area contributed by atoms with Gasteiger partial charge in [0.05, 0.1) is 52.8 Å². The fourth-order valence-corrected chi connectivity index (χ4v) is 4.39. The highest BCUT2D eigenvalue weighted by molar-refractivity contribution is 6.11. The maximum Gasteiger partial charge on any atom is 0.354 e. The van der Waals surface area contributed by atoms with Crippen molar-refractivity contribution in [2.24, 2.45) is 11.8 Å². The summed E-state index contributed by atoms with van der Waals surface area (Å²) in [7, 11) is 5.47. The van der Waals surface area contributed by atoms with Crippen molar-refractivity contribution < 1.29 is 47.7 Å². The molecule has 31 heavy (non-hydrogen) atoms. The Kier molecular flexibility index (Phi) is 6.72. The standard InChI is InChI=1S/C19H24N2O10/c1-9-13-14(16(25)20(2)15(13)24)19(18(27)31-6,8-12(23)29-4)21(9)10(17(26)30-5)7-11(22)28-3/h7,9,13-14H,8H2,1-6H3/b10-7+/t9-,13+,14-,19-/m0/s1. The predicted molar refractivity (Wildman–Crippen MR) is 99.6 cm³/mol. The van der Waals surface area contributed by atoms with E-state index in [1.54, 1.807) is 0 Å². The first-order valence-corrected chi connectivity index (χ1v) is 9.17. The van der Waals surface area contributed by atoms with Crippen LogP contribution in [-0.2, 0) is 47.7 Å². The topological polar surface area (TPSA) is 146 Å². The van der Waals surface area contributed by atoms with Crippen LogP contribution in [0.4, 0.5) is 0 Å². The number of hydrogen-bond donors (Lipinski definition) is 0. The Hall–Kier alpha value is -3.44. The number of nitrogens with zero attached hydrogens (tertiary/aromatic N) is 2. The molecule has 2 amide bonds. The number of ether oxygens (including phenoxy) is 4. The van der Waals surface area contributed by atoms with Crippen LogP contribution in [0.1, 0.15) is 13.3 Å². The van der Waals surface area contributed by atoms with Gasteiger partial charge in [-0.25, -0.2) is 14.4 Å². The number of rotatable bonds is 6. The fraction of sp³-hybridized carbons (Fsp3) is 0.579. The van der Waals surface area contributed by atoms with Gasteiger partial charge in [0.1, 0.15) is 5.70 Å². The molecule has 2 heterocycles. The number of carbonyl (C=O) groups is 6. The zero-order valence-corrected chi connectivity index (χ0v) is 18.0. The van der Waals surface area contributed by atoms with Gasteiger partial charge in [0.2, 0.25) is 11.8 Å². The highest BCUT2D eigenvalue weighted by Gasteiger charge is 2.72. The van der Waals surface area contributed by atoms with Crippen LogP contribution in [-0.4, -0.2) is 92.6 Å². The van der Waals surface area contributed by atoms with E-state index in [-0.39, 0.29) is 0 Å². The van der Waals surface area contributed by atoms with Gasteiger partial charge in [-0.15, -0.1) is 0 Å². The smallest absolute Gasteiger partial charge is 0.354 e. The van der Waals surface area contributed by atoms with Crippen LogP contribution in [0.15, 0.2) is 11.8 Å². The van der Waals surface area contributed by atoms with E-state index in [0.29, 0.717) is 0 Å². The van der Waals surface area contributed by atoms with E-state index in [4.69, 9.17) is 14.2 Å². The van der Waals surface area contributed by atoms with Crippen molar-refractivity contribution in [2.45, 2.75) is 24.9 Å². The molecule has 0 radical (unpaired) electrons. The highest BCUT2D eigenvalue weighted by atomic mass is 16.5. The Balaban J connectivity index is 2.89. The third-order valence-electron chi connectivity index (χ3n) is 5.73. The first-order chi connectivity index (χ1) is 14.5. The quantitative estimate of drug-likeness (QED) is 0.208. The highest BCUT2D eigenvalue weighted by Crippen LogP contribution is 2.52. The van der Waals surface area contributed by atoms with Gasteiger partial charge in [0.15, 0.2) is 5.54 Å². The average Bonchev–Trinajstić information content (AvgIpc) is 3.15. The molecular formula is C19H24N2O10. The largest absolute Gasteiger partial charge is 0.469 e. The first kappa shape index (κ1) is 23.8. The lowest BCUT2D eigenvalue weighted by Crippen LogP contribution is -2.60. The minimum atomic E-state index is -2.16. The van der Waals surface area contributed by atoms with Gasteiger partial charge in [0.25, 0.3) is 0 Å². The van der Waals surface area contributed by atoms with Crippen molar-refractivity contribution >= 4 is 35.7 Å². The molecule has 2 aliphatic heterocycles. The lowest BCUT2D eigenvalue weighted by molar-refractivity contribution is -0.166. The van der Waals surface area contributed by atoms with E-state index in [9.17, 15) is 28.8 Å². The molecule has 2 aliphatic rings.